The maximum atomic E-state index is 15.2. The van der Waals surface area contributed by atoms with Gasteiger partial charge in [0.2, 0.25) is 0 Å². The van der Waals surface area contributed by atoms with Gasteiger partial charge in [0.25, 0.3) is 11.8 Å². The zero-order chi connectivity index (χ0) is 22.9. The molecule has 0 atom stereocenters. The van der Waals surface area contributed by atoms with Gasteiger partial charge in [0.15, 0.2) is 10.9 Å². The lowest BCUT2D eigenvalue weighted by molar-refractivity contribution is -0.123. The van der Waals surface area contributed by atoms with Crippen molar-refractivity contribution in [2.45, 2.75) is 30.8 Å². The Morgan fingerprint density at radius 3 is 2.61 bits per heavy atom. The molecule has 2 aromatic rings. The van der Waals surface area contributed by atoms with Crippen molar-refractivity contribution in [3.8, 4) is 6.07 Å². The van der Waals surface area contributed by atoms with Crippen molar-refractivity contribution >= 4 is 46.6 Å². The summed E-state index contributed by atoms with van der Waals surface area (Å²) in [4.78, 5) is 32.1. The maximum absolute atomic E-state index is 15.2. The molecule has 1 aromatic carbocycles. The smallest absolute Gasteiger partial charge is 0.269 e. The van der Waals surface area contributed by atoms with Gasteiger partial charge in [0.05, 0.1) is 16.1 Å². The van der Waals surface area contributed by atoms with Gasteiger partial charge >= 0.3 is 0 Å². The van der Waals surface area contributed by atoms with Gasteiger partial charge in [-0.1, -0.05) is 6.07 Å². The molecule has 0 bridgehead atoms. The van der Waals surface area contributed by atoms with Gasteiger partial charge in [-0.25, -0.2) is 4.39 Å². The number of amides is 2. The van der Waals surface area contributed by atoms with Crippen LogP contribution in [0.1, 0.15) is 35.5 Å². The molecular formula is C21H20FN5O2S2. The molecule has 1 aromatic heterocycles. The van der Waals surface area contributed by atoms with Crippen molar-refractivity contribution in [2.75, 3.05) is 18.2 Å². The summed E-state index contributed by atoms with van der Waals surface area (Å²) >= 11 is 6.66. The van der Waals surface area contributed by atoms with Crippen LogP contribution >= 0.6 is 24.0 Å². The summed E-state index contributed by atoms with van der Waals surface area (Å²) in [5, 5.41) is 11.9. The number of anilines is 1. The van der Waals surface area contributed by atoms with Crippen LogP contribution in [0.3, 0.4) is 0 Å². The first-order valence-corrected chi connectivity index (χ1v) is 10.9. The maximum Gasteiger partial charge on any atom is 0.269 e. The molecule has 1 fully saturated rings. The Morgan fingerprint density at radius 1 is 1.35 bits per heavy atom. The lowest BCUT2D eigenvalue weighted by atomic mass is 10.0. The summed E-state index contributed by atoms with van der Waals surface area (Å²) in [6.45, 7) is 3.68. The minimum Gasteiger partial charge on any atom is -0.354 e. The first-order chi connectivity index (χ1) is 14.7. The van der Waals surface area contributed by atoms with Gasteiger partial charge in [-0.15, -0.1) is 11.8 Å². The lowest BCUT2D eigenvalue weighted by Gasteiger charge is -2.29. The second-order valence-corrected chi connectivity index (χ2v) is 8.47. The van der Waals surface area contributed by atoms with E-state index in [-0.39, 0.29) is 45.3 Å². The molecule has 160 valence electrons. The molecule has 10 heteroatoms. The van der Waals surface area contributed by atoms with Crippen LogP contribution < -0.4 is 10.2 Å². The van der Waals surface area contributed by atoms with Gasteiger partial charge in [-0.05, 0) is 56.1 Å². The summed E-state index contributed by atoms with van der Waals surface area (Å²) in [7, 11) is 1.52. The summed E-state index contributed by atoms with van der Waals surface area (Å²) < 4.78 is 15.2. The van der Waals surface area contributed by atoms with E-state index in [0.29, 0.717) is 0 Å². The molecule has 0 radical (unpaired) electrons. The SMILES string of the molecule is CNC(=O)c1ccc(CN2C(=S)N(c3ccc(C#N)c(SC)c3F)C(=O)C2(C)C)cn1. The highest BCUT2D eigenvalue weighted by Gasteiger charge is 2.50. The van der Waals surface area contributed by atoms with Crippen LogP contribution in [0, 0.1) is 17.1 Å². The number of pyridine rings is 1. The van der Waals surface area contributed by atoms with Gasteiger partial charge in [0, 0.05) is 19.8 Å². The molecule has 0 saturated carbocycles. The monoisotopic (exact) mass is 457 g/mol. The van der Waals surface area contributed by atoms with Crippen molar-refractivity contribution in [2.24, 2.45) is 0 Å². The fourth-order valence-electron chi connectivity index (χ4n) is 3.28. The lowest BCUT2D eigenvalue weighted by Crippen LogP contribution is -2.43. The minimum absolute atomic E-state index is 0.0158. The Kier molecular flexibility index (Phi) is 6.29. The van der Waals surface area contributed by atoms with Crippen molar-refractivity contribution in [3.05, 3.63) is 53.1 Å². The van der Waals surface area contributed by atoms with Crippen molar-refractivity contribution in [1.82, 2.24) is 15.2 Å². The van der Waals surface area contributed by atoms with E-state index in [2.05, 4.69) is 10.3 Å². The van der Waals surface area contributed by atoms with Crippen LogP contribution in [0.4, 0.5) is 10.1 Å². The summed E-state index contributed by atoms with van der Waals surface area (Å²) in [5.74, 6) is -1.33. The summed E-state index contributed by atoms with van der Waals surface area (Å²) in [5.41, 5.74) is 0.196. The van der Waals surface area contributed by atoms with E-state index in [0.717, 1.165) is 17.3 Å². The predicted molar refractivity (Wildman–Crippen MR) is 120 cm³/mol. The number of thioether (sulfide) groups is 1. The number of benzene rings is 1. The van der Waals surface area contributed by atoms with E-state index in [1.807, 2.05) is 6.07 Å². The molecular weight excluding hydrogens is 437 g/mol. The van der Waals surface area contributed by atoms with Crippen LogP contribution in [-0.2, 0) is 11.3 Å². The Labute approximate surface area is 189 Å². The van der Waals surface area contributed by atoms with Gasteiger partial charge in [-0.3, -0.25) is 19.5 Å². The standard InChI is InChI=1S/C21H20FN5O2S2/c1-21(2)19(29)27(15-8-6-13(9-23)17(31-4)16(15)22)20(30)26(21)11-12-5-7-14(25-10-12)18(28)24-3/h5-8,10H,11H2,1-4H3,(H,24,28). The summed E-state index contributed by atoms with van der Waals surface area (Å²) in [6, 6.07) is 8.16. The number of carbonyl (C=O) groups is 2. The molecule has 2 amide bonds. The molecule has 1 saturated heterocycles. The summed E-state index contributed by atoms with van der Waals surface area (Å²) in [6.07, 6.45) is 3.21. The van der Waals surface area contributed by atoms with Crippen molar-refractivity contribution in [3.63, 3.8) is 0 Å². The Morgan fingerprint density at radius 2 is 2.06 bits per heavy atom. The third kappa shape index (κ3) is 3.86. The number of carbonyl (C=O) groups excluding carboxylic acids is 2. The van der Waals surface area contributed by atoms with Gasteiger partial charge in [-0.2, -0.15) is 5.26 Å². The third-order valence-corrected chi connectivity index (χ3v) is 6.30. The third-order valence-electron chi connectivity index (χ3n) is 5.09. The van der Waals surface area contributed by atoms with Gasteiger partial charge in [0.1, 0.15) is 17.3 Å². The topological polar surface area (TPSA) is 89.3 Å². The zero-order valence-electron chi connectivity index (χ0n) is 17.4. The second kappa shape index (κ2) is 8.61. The Balaban J connectivity index is 1.96. The number of nitrogens with one attached hydrogen (secondary N) is 1. The van der Waals surface area contributed by atoms with Crippen LogP contribution in [0.25, 0.3) is 0 Å². The highest BCUT2D eigenvalue weighted by atomic mass is 32.2. The molecule has 0 aliphatic carbocycles. The van der Waals surface area contributed by atoms with E-state index in [1.165, 1.54) is 24.1 Å². The number of nitriles is 1. The highest BCUT2D eigenvalue weighted by molar-refractivity contribution is 7.98. The average Bonchev–Trinajstić information content (AvgIpc) is 2.93. The minimum atomic E-state index is -1.03. The fraction of sp³-hybridized carbons (Fsp3) is 0.286. The number of rotatable bonds is 5. The van der Waals surface area contributed by atoms with E-state index < -0.39 is 11.4 Å². The molecule has 2 heterocycles. The van der Waals surface area contributed by atoms with E-state index in [1.54, 1.807) is 43.3 Å². The number of nitrogens with zero attached hydrogens (tertiary/aromatic N) is 4. The number of aromatic nitrogens is 1. The number of hydrogen-bond acceptors (Lipinski definition) is 6. The molecule has 7 nitrogen and oxygen atoms in total. The zero-order valence-corrected chi connectivity index (χ0v) is 19.0. The van der Waals surface area contributed by atoms with Crippen LogP contribution in [0.15, 0.2) is 35.4 Å². The Hall–Kier alpha value is -3.03. The van der Waals surface area contributed by atoms with Gasteiger partial charge < -0.3 is 10.2 Å². The highest BCUT2D eigenvalue weighted by Crippen LogP contribution is 2.38. The number of halogens is 1. The van der Waals surface area contributed by atoms with E-state index in [9.17, 15) is 14.9 Å². The first-order valence-electron chi connectivity index (χ1n) is 9.27. The molecule has 31 heavy (non-hydrogen) atoms. The number of hydrogen-bond donors (Lipinski definition) is 1. The van der Waals surface area contributed by atoms with Crippen molar-refractivity contribution in [1.29, 1.82) is 5.26 Å². The Bertz CT molecular complexity index is 1110. The molecule has 0 spiro atoms. The normalized spacial score (nSPS) is 15.2. The van der Waals surface area contributed by atoms with E-state index >= 15 is 4.39 Å². The van der Waals surface area contributed by atoms with Crippen LogP contribution in [0.2, 0.25) is 0 Å². The average molecular weight is 458 g/mol. The largest absolute Gasteiger partial charge is 0.354 e. The molecule has 1 aliphatic heterocycles. The van der Waals surface area contributed by atoms with E-state index in [4.69, 9.17) is 12.2 Å². The fourth-order valence-corrected chi connectivity index (χ4v) is 4.37. The molecule has 1 N–H and O–H groups in total. The molecule has 0 unspecified atom stereocenters. The van der Waals surface area contributed by atoms with Crippen LogP contribution in [-0.4, -0.2) is 45.7 Å². The predicted octanol–water partition coefficient (Wildman–Crippen LogP) is 3.09. The van der Waals surface area contributed by atoms with Crippen molar-refractivity contribution < 1.29 is 14.0 Å². The first kappa shape index (κ1) is 22.7. The molecule has 1 aliphatic rings. The second-order valence-electron chi connectivity index (χ2n) is 7.29. The number of thiocarbonyl (C=S) groups is 1. The quantitative estimate of drug-likeness (QED) is 0.545. The molecule has 3 rings (SSSR count). The van der Waals surface area contributed by atoms with Crippen LogP contribution in [0.5, 0.6) is 0 Å².